The van der Waals surface area contributed by atoms with Crippen LogP contribution < -0.4 is 9.47 Å². The van der Waals surface area contributed by atoms with Gasteiger partial charge in [-0.1, -0.05) is 24.3 Å². The van der Waals surface area contributed by atoms with E-state index in [0.29, 0.717) is 35.9 Å². The summed E-state index contributed by atoms with van der Waals surface area (Å²) < 4.78 is 12.1. The van der Waals surface area contributed by atoms with Crippen LogP contribution in [-0.4, -0.2) is 27.7 Å². The second kappa shape index (κ2) is 11.3. The van der Waals surface area contributed by atoms with Crippen molar-refractivity contribution in [3.8, 4) is 17.6 Å². The van der Waals surface area contributed by atoms with Crippen LogP contribution in [0.2, 0.25) is 0 Å². The molecule has 7 heteroatoms. The molecule has 1 heterocycles. The Morgan fingerprint density at radius 1 is 1.16 bits per heavy atom. The molecule has 0 fully saturated rings. The van der Waals surface area contributed by atoms with E-state index in [1.165, 1.54) is 0 Å². The summed E-state index contributed by atoms with van der Waals surface area (Å²) in [6.45, 7) is 8.43. The molecule has 7 nitrogen and oxygen atoms in total. The largest absolute Gasteiger partial charge is 0.490 e. The number of carbonyl (C=O) groups is 1. The van der Waals surface area contributed by atoms with Crippen molar-refractivity contribution in [2.24, 2.45) is 0 Å². The first-order valence-corrected chi connectivity index (χ1v) is 11.9. The van der Waals surface area contributed by atoms with Gasteiger partial charge in [0.05, 0.1) is 28.8 Å². The van der Waals surface area contributed by atoms with Crippen molar-refractivity contribution in [1.29, 1.82) is 5.26 Å². The predicted octanol–water partition coefficient (Wildman–Crippen LogP) is 6.34. The zero-order valence-electron chi connectivity index (χ0n) is 20.7. The number of ether oxygens (including phenoxy) is 2. The number of nitrogens with zero attached hydrogens (tertiary/aromatic N) is 2. The maximum Gasteiger partial charge on any atom is 0.335 e. The molecule has 0 bridgehead atoms. The number of nitriles is 1. The van der Waals surface area contributed by atoms with E-state index in [4.69, 9.17) is 14.6 Å². The lowest BCUT2D eigenvalue weighted by atomic mass is 10.0. The van der Waals surface area contributed by atoms with Crippen molar-refractivity contribution in [2.75, 3.05) is 6.61 Å². The monoisotopic (exact) mass is 493 g/mol. The minimum Gasteiger partial charge on any atom is -0.490 e. The lowest BCUT2D eigenvalue weighted by Crippen LogP contribution is -2.04. The van der Waals surface area contributed by atoms with Gasteiger partial charge in [-0.25, -0.2) is 9.78 Å². The van der Waals surface area contributed by atoms with Crippen molar-refractivity contribution >= 4 is 28.7 Å². The van der Waals surface area contributed by atoms with Crippen LogP contribution >= 0.6 is 0 Å². The summed E-state index contributed by atoms with van der Waals surface area (Å²) in [6, 6.07) is 18.5. The Morgan fingerprint density at radius 2 is 1.95 bits per heavy atom. The van der Waals surface area contributed by atoms with Gasteiger partial charge in [0.1, 0.15) is 18.5 Å². The number of H-pyrrole nitrogens is 1. The van der Waals surface area contributed by atoms with Crippen molar-refractivity contribution < 1.29 is 19.4 Å². The standard InChI is InChI=1S/C30H27N3O4/c1-4-6-23-14-21(15-24(17-31)29-32-25-12-7-19(3)13-26(25)33-29)16-27(36-5-2)28(23)37-18-20-8-10-22(11-9-20)30(34)35/h4,7-16H,1,5-6,18H2,2-3H3,(H,32,33)(H,34,35)/b24-15-. The number of hydrogen-bond acceptors (Lipinski definition) is 5. The van der Waals surface area contributed by atoms with Gasteiger partial charge < -0.3 is 19.6 Å². The highest BCUT2D eigenvalue weighted by Crippen LogP contribution is 2.36. The van der Waals surface area contributed by atoms with E-state index in [9.17, 15) is 10.1 Å². The topological polar surface area (TPSA) is 108 Å². The zero-order valence-corrected chi connectivity index (χ0v) is 20.7. The Hall–Kier alpha value is -4.83. The van der Waals surface area contributed by atoms with Gasteiger partial charge in [-0.3, -0.25) is 0 Å². The third-order valence-corrected chi connectivity index (χ3v) is 5.73. The number of aromatic amines is 1. The summed E-state index contributed by atoms with van der Waals surface area (Å²) in [6.07, 6.45) is 4.08. The first-order valence-electron chi connectivity index (χ1n) is 11.9. The fourth-order valence-corrected chi connectivity index (χ4v) is 3.97. The molecule has 3 aromatic carbocycles. The molecule has 0 saturated carbocycles. The number of fused-ring (bicyclic) bond motifs is 1. The number of hydrogen-bond donors (Lipinski definition) is 2. The maximum absolute atomic E-state index is 11.1. The van der Waals surface area contributed by atoms with Gasteiger partial charge in [-0.05, 0) is 79.4 Å². The van der Waals surface area contributed by atoms with E-state index in [0.717, 1.165) is 33.3 Å². The fourth-order valence-electron chi connectivity index (χ4n) is 3.97. The number of nitrogens with one attached hydrogen (secondary N) is 1. The van der Waals surface area contributed by atoms with Gasteiger partial charge in [-0.15, -0.1) is 6.58 Å². The predicted molar refractivity (Wildman–Crippen MR) is 144 cm³/mol. The number of aryl methyl sites for hydroxylation is 1. The smallest absolute Gasteiger partial charge is 0.335 e. The van der Waals surface area contributed by atoms with E-state index in [2.05, 4.69) is 22.6 Å². The molecule has 0 aliphatic carbocycles. The number of carboxylic acid groups (broad SMARTS) is 1. The molecule has 186 valence electrons. The van der Waals surface area contributed by atoms with Gasteiger partial charge in [-0.2, -0.15) is 5.26 Å². The number of imidazole rings is 1. The number of carboxylic acids is 1. The van der Waals surface area contributed by atoms with E-state index in [-0.39, 0.29) is 12.2 Å². The lowest BCUT2D eigenvalue weighted by Gasteiger charge is -2.17. The molecule has 0 amide bonds. The zero-order chi connectivity index (χ0) is 26.4. The van der Waals surface area contributed by atoms with Crippen LogP contribution in [0.4, 0.5) is 0 Å². The van der Waals surface area contributed by atoms with Crippen molar-refractivity contribution in [2.45, 2.75) is 26.9 Å². The van der Waals surface area contributed by atoms with Gasteiger partial charge in [0.2, 0.25) is 0 Å². The summed E-state index contributed by atoms with van der Waals surface area (Å²) in [5.74, 6) is 0.653. The van der Waals surface area contributed by atoms with Crippen LogP contribution in [0.5, 0.6) is 11.5 Å². The first-order chi connectivity index (χ1) is 17.9. The molecule has 0 radical (unpaired) electrons. The molecule has 1 aromatic heterocycles. The molecule has 0 aliphatic heterocycles. The molecule has 0 unspecified atom stereocenters. The highest BCUT2D eigenvalue weighted by molar-refractivity contribution is 5.91. The number of benzene rings is 3. The van der Waals surface area contributed by atoms with Crippen LogP contribution in [0, 0.1) is 18.3 Å². The molecule has 4 rings (SSSR count). The van der Waals surface area contributed by atoms with Crippen molar-refractivity contribution in [3.05, 3.63) is 101 Å². The van der Waals surface area contributed by atoms with Crippen LogP contribution in [0.15, 0.2) is 67.3 Å². The van der Waals surface area contributed by atoms with Crippen molar-refractivity contribution in [1.82, 2.24) is 9.97 Å². The van der Waals surface area contributed by atoms with Crippen LogP contribution in [-0.2, 0) is 13.0 Å². The van der Waals surface area contributed by atoms with Gasteiger partial charge in [0, 0.05) is 5.56 Å². The molecule has 0 aliphatic rings. The lowest BCUT2D eigenvalue weighted by molar-refractivity contribution is 0.0697. The second-order valence-electron chi connectivity index (χ2n) is 8.50. The molecular weight excluding hydrogens is 466 g/mol. The fraction of sp³-hybridized carbons (Fsp3) is 0.167. The van der Waals surface area contributed by atoms with Crippen LogP contribution in [0.3, 0.4) is 0 Å². The summed E-state index contributed by atoms with van der Waals surface area (Å²) in [5.41, 5.74) is 5.84. The van der Waals surface area contributed by atoms with E-state index < -0.39 is 5.97 Å². The molecule has 37 heavy (non-hydrogen) atoms. The third-order valence-electron chi connectivity index (χ3n) is 5.73. The third kappa shape index (κ3) is 5.88. The van der Waals surface area contributed by atoms with E-state index >= 15 is 0 Å². The number of aromatic nitrogens is 2. The molecule has 2 N–H and O–H groups in total. The van der Waals surface area contributed by atoms with Gasteiger partial charge in [0.15, 0.2) is 11.5 Å². The molecule has 4 aromatic rings. The second-order valence-corrected chi connectivity index (χ2v) is 8.50. The molecule has 0 atom stereocenters. The Balaban J connectivity index is 1.69. The summed E-state index contributed by atoms with van der Waals surface area (Å²) in [4.78, 5) is 18.9. The van der Waals surface area contributed by atoms with E-state index in [1.54, 1.807) is 36.4 Å². The Bertz CT molecular complexity index is 1530. The summed E-state index contributed by atoms with van der Waals surface area (Å²) in [5, 5.41) is 19.0. The Labute approximate surface area is 215 Å². The highest BCUT2D eigenvalue weighted by atomic mass is 16.5. The normalized spacial score (nSPS) is 11.2. The molecular formula is C30H27N3O4. The minimum atomic E-state index is -0.975. The number of aromatic carboxylic acids is 1. The number of rotatable bonds is 10. The first kappa shape index (κ1) is 25.3. The number of allylic oxidation sites excluding steroid dienone is 2. The minimum absolute atomic E-state index is 0.218. The van der Waals surface area contributed by atoms with Crippen LogP contribution in [0.25, 0.3) is 22.7 Å². The van der Waals surface area contributed by atoms with Gasteiger partial charge in [0.25, 0.3) is 0 Å². The highest BCUT2D eigenvalue weighted by Gasteiger charge is 2.15. The SMILES string of the molecule is C=CCc1cc(/C=C(/C#N)c2nc3ccc(C)cc3[nH]2)cc(OCC)c1OCc1ccc(C(=O)O)cc1. The average molecular weight is 494 g/mol. The van der Waals surface area contributed by atoms with Crippen molar-refractivity contribution in [3.63, 3.8) is 0 Å². The summed E-state index contributed by atoms with van der Waals surface area (Å²) >= 11 is 0. The molecule has 0 spiro atoms. The van der Waals surface area contributed by atoms with Crippen LogP contribution in [0.1, 0.15) is 45.4 Å². The summed E-state index contributed by atoms with van der Waals surface area (Å²) in [7, 11) is 0. The Morgan fingerprint density at radius 3 is 2.62 bits per heavy atom. The maximum atomic E-state index is 11.1. The van der Waals surface area contributed by atoms with E-state index in [1.807, 2.05) is 44.2 Å². The quantitative estimate of drug-likeness (QED) is 0.197. The van der Waals surface area contributed by atoms with Gasteiger partial charge >= 0.3 is 5.97 Å². The molecule has 0 saturated heterocycles. The average Bonchev–Trinajstić information content (AvgIpc) is 3.30. The Kier molecular flexibility index (Phi) is 7.70.